The van der Waals surface area contributed by atoms with E-state index < -0.39 is 0 Å². The maximum absolute atomic E-state index is 15.3. The Kier molecular flexibility index (Phi) is 5.42. The molecule has 2 heterocycles. The first-order chi connectivity index (χ1) is 17.0. The van der Waals surface area contributed by atoms with Crippen LogP contribution in [0.1, 0.15) is 48.9 Å². The van der Waals surface area contributed by atoms with Crippen molar-refractivity contribution in [1.82, 2.24) is 15.3 Å². The monoisotopic (exact) mass is 487 g/mol. The minimum atomic E-state index is -0.286. The van der Waals surface area contributed by atoms with E-state index in [1.54, 1.807) is 6.07 Å². The van der Waals surface area contributed by atoms with Crippen molar-refractivity contribution in [2.45, 2.75) is 43.1 Å². The van der Waals surface area contributed by atoms with Crippen molar-refractivity contribution in [3.63, 3.8) is 0 Å². The van der Waals surface area contributed by atoms with Crippen molar-refractivity contribution >= 4 is 27.7 Å². The van der Waals surface area contributed by atoms with E-state index in [4.69, 9.17) is 14.7 Å². The van der Waals surface area contributed by atoms with Crippen molar-refractivity contribution in [3.8, 4) is 10.6 Å². The number of hydrogen-bond donors (Lipinski definition) is 1. The molecule has 178 valence electrons. The van der Waals surface area contributed by atoms with E-state index in [-0.39, 0.29) is 22.7 Å². The molecular formula is C28H26FN3O2S. The van der Waals surface area contributed by atoms with Crippen LogP contribution in [0.5, 0.6) is 0 Å². The number of pyridine rings is 1. The number of ether oxygens (including phenoxy) is 1. The molecule has 2 aliphatic rings. The minimum Gasteiger partial charge on any atom is -0.469 e. The molecule has 2 fully saturated rings. The summed E-state index contributed by atoms with van der Waals surface area (Å²) in [5, 5.41) is 4.05. The van der Waals surface area contributed by atoms with Gasteiger partial charge in [0.05, 0.1) is 19.2 Å². The molecule has 0 unspecified atom stereocenters. The fourth-order valence-electron chi connectivity index (χ4n) is 4.96. The number of halogens is 1. The van der Waals surface area contributed by atoms with Gasteiger partial charge < -0.3 is 10.1 Å². The number of esters is 1. The molecular weight excluding hydrogens is 461 g/mol. The van der Waals surface area contributed by atoms with Crippen LogP contribution in [0.2, 0.25) is 0 Å². The number of aromatic nitrogens is 2. The second-order valence-electron chi connectivity index (χ2n) is 9.52. The summed E-state index contributed by atoms with van der Waals surface area (Å²) in [6.07, 6.45) is 4.32. The van der Waals surface area contributed by atoms with Crippen LogP contribution in [0.3, 0.4) is 0 Å². The molecule has 0 saturated heterocycles. The summed E-state index contributed by atoms with van der Waals surface area (Å²) in [7, 11) is 1.38. The summed E-state index contributed by atoms with van der Waals surface area (Å²) in [6.45, 7) is 0.506. The summed E-state index contributed by atoms with van der Waals surface area (Å²) >= 11 is 1.44. The molecule has 6 rings (SSSR count). The summed E-state index contributed by atoms with van der Waals surface area (Å²) in [6, 6.07) is 20.0. The molecule has 2 saturated carbocycles. The topological polar surface area (TPSA) is 64.1 Å². The minimum absolute atomic E-state index is 0.00799. The average Bonchev–Trinajstić information content (AvgIpc) is 3.81. The van der Waals surface area contributed by atoms with Gasteiger partial charge in [-0.15, -0.1) is 0 Å². The van der Waals surface area contributed by atoms with Crippen LogP contribution in [-0.2, 0) is 20.5 Å². The van der Waals surface area contributed by atoms with Crippen molar-refractivity contribution < 1.29 is 13.9 Å². The third-order valence-corrected chi connectivity index (χ3v) is 8.34. The number of benzene rings is 2. The van der Waals surface area contributed by atoms with Gasteiger partial charge in [-0.2, -0.15) is 0 Å². The third-order valence-electron chi connectivity index (χ3n) is 7.34. The lowest BCUT2D eigenvalue weighted by Crippen LogP contribution is -2.31. The predicted octanol–water partition coefficient (Wildman–Crippen LogP) is 5.72. The van der Waals surface area contributed by atoms with Gasteiger partial charge in [0.1, 0.15) is 21.2 Å². The molecule has 2 aromatic carbocycles. The molecule has 0 radical (unpaired) electrons. The third kappa shape index (κ3) is 4.02. The van der Waals surface area contributed by atoms with Crippen molar-refractivity contribution in [3.05, 3.63) is 83.3 Å². The summed E-state index contributed by atoms with van der Waals surface area (Å²) in [5.41, 5.74) is 4.29. The predicted molar refractivity (Wildman–Crippen MR) is 135 cm³/mol. The van der Waals surface area contributed by atoms with Crippen molar-refractivity contribution in [2.75, 3.05) is 13.7 Å². The Hall–Kier alpha value is -3.16. The van der Waals surface area contributed by atoms with E-state index in [1.165, 1.54) is 24.0 Å². The van der Waals surface area contributed by atoms with Crippen LogP contribution in [0.15, 0.2) is 60.7 Å². The second-order valence-corrected chi connectivity index (χ2v) is 10.5. The van der Waals surface area contributed by atoms with Crippen LogP contribution in [-0.4, -0.2) is 29.6 Å². The lowest BCUT2D eigenvalue weighted by molar-refractivity contribution is -0.140. The Labute approximate surface area is 207 Å². The number of nitrogens with one attached hydrogen (secondary N) is 1. The molecule has 35 heavy (non-hydrogen) atoms. The SMILES string of the molecule is COC(=O)CCNC1(c2ccc(-c3nc4ccc(C5(c6ccccc6)CC5)nc4s3)c(F)c2)CC1. The van der Waals surface area contributed by atoms with Gasteiger partial charge in [0.15, 0.2) is 0 Å². The maximum atomic E-state index is 15.3. The summed E-state index contributed by atoms with van der Waals surface area (Å²) in [5.74, 6) is -0.537. The lowest BCUT2D eigenvalue weighted by Gasteiger charge is -2.18. The van der Waals surface area contributed by atoms with Crippen molar-refractivity contribution in [1.29, 1.82) is 0 Å². The summed E-state index contributed by atoms with van der Waals surface area (Å²) in [4.78, 5) is 21.9. The highest BCUT2D eigenvalue weighted by Gasteiger charge is 2.47. The lowest BCUT2D eigenvalue weighted by atomic mass is 9.92. The van der Waals surface area contributed by atoms with Crippen molar-refractivity contribution in [2.24, 2.45) is 0 Å². The Bertz CT molecular complexity index is 1410. The molecule has 2 aliphatic carbocycles. The van der Waals surface area contributed by atoms with E-state index in [2.05, 4.69) is 35.6 Å². The largest absolute Gasteiger partial charge is 0.469 e. The highest BCUT2D eigenvalue weighted by Crippen LogP contribution is 2.53. The van der Waals surface area contributed by atoms with Crippen LogP contribution < -0.4 is 5.32 Å². The molecule has 0 bridgehead atoms. The van der Waals surface area contributed by atoms with Gasteiger partial charge >= 0.3 is 5.97 Å². The number of rotatable bonds is 8. The molecule has 5 nitrogen and oxygen atoms in total. The molecule has 0 aliphatic heterocycles. The molecule has 4 aromatic rings. The zero-order valence-electron chi connectivity index (χ0n) is 19.5. The Balaban J connectivity index is 1.25. The van der Waals surface area contributed by atoms with Gasteiger partial charge in [-0.1, -0.05) is 47.7 Å². The van der Waals surface area contributed by atoms with Crippen LogP contribution in [0, 0.1) is 5.82 Å². The molecule has 0 atom stereocenters. The molecule has 0 amide bonds. The fraction of sp³-hybridized carbons (Fsp3) is 0.321. The Morgan fingerprint density at radius 2 is 1.83 bits per heavy atom. The number of thiazole rings is 1. The Morgan fingerprint density at radius 3 is 2.51 bits per heavy atom. The molecule has 1 N–H and O–H groups in total. The number of carbonyl (C=O) groups excluding carboxylic acids is 1. The first-order valence-electron chi connectivity index (χ1n) is 12.0. The van der Waals surface area contributed by atoms with Crippen LogP contribution >= 0.6 is 11.3 Å². The standard InChI is InChI=1S/C28H26FN3O2S/c1-34-24(33)11-16-30-28(14-15-28)19-7-8-20(21(29)17-19)25-31-22-9-10-23(32-26(22)35-25)27(12-13-27)18-5-3-2-4-6-18/h2-10,17,30H,11-16H2,1H3. The van der Waals surface area contributed by atoms with E-state index in [0.717, 1.165) is 47.3 Å². The van der Waals surface area contributed by atoms with E-state index >= 15 is 4.39 Å². The van der Waals surface area contributed by atoms with Crippen LogP contribution in [0.25, 0.3) is 20.9 Å². The van der Waals surface area contributed by atoms with E-state index in [0.29, 0.717) is 23.5 Å². The molecule has 0 spiro atoms. The molecule has 7 heteroatoms. The smallest absolute Gasteiger partial charge is 0.306 e. The highest BCUT2D eigenvalue weighted by atomic mass is 32.1. The number of methoxy groups -OCH3 is 1. The fourth-order valence-corrected chi connectivity index (χ4v) is 5.92. The van der Waals surface area contributed by atoms with E-state index in [9.17, 15) is 4.79 Å². The second kappa shape index (κ2) is 8.50. The normalized spacial score (nSPS) is 17.3. The number of hydrogen-bond acceptors (Lipinski definition) is 6. The first kappa shape index (κ1) is 22.3. The Morgan fingerprint density at radius 1 is 1.03 bits per heavy atom. The van der Waals surface area contributed by atoms with Gasteiger partial charge in [0, 0.05) is 23.1 Å². The molecule has 2 aromatic heterocycles. The van der Waals surface area contributed by atoms with Crippen LogP contribution in [0.4, 0.5) is 4.39 Å². The van der Waals surface area contributed by atoms with Gasteiger partial charge in [-0.3, -0.25) is 4.79 Å². The van der Waals surface area contributed by atoms with Gasteiger partial charge in [0.25, 0.3) is 0 Å². The van der Waals surface area contributed by atoms with Gasteiger partial charge in [-0.05, 0) is 61.1 Å². The zero-order valence-corrected chi connectivity index (χ0v) is 20.3. The first-order valence-corrected chi connectivity index (χ1v) is 12.8. The average molecular weight is 488 g/mol. The van der Waals surface area contributed by atoms with Gasteiger partial charge in [0.2, 0.25) is 0 Å². The number of carbonyl (C=O) groups is 1. The maximum Gasteiger partial charge on any atom is 0.306 e. The van der Waals surface area contributed by atoms with E-state index in [1.807, 2.05) is 24.3 Å². The quantitative estimate of drug-likeness (QED) is 0.322. The summed E-state index contributed by atoms with van der Waals surface area (Å²) < 4.78 is 20.0. The number of fused-ring (bicyclic) bond motifs is 1. The van der Waals surface area contributed by atoms with Gasteiger partial charge in [-0.25, -0.2) is 14.4 Å². The highest BCUT2D eigenvalue weighted by molar-refractivity contribution is 7.21. The zero-order chi connectivity index (χ0) is 24.0. The number of nitrogens with zero attached hydrogens (tertiary/aromatic N) is 2.